The van der Waals surface area contributed by atoms with Crippen LogP contribution in [0.15, 0.2) is 0 Å². The number of hydrogen-bond acceptors (Lipinski definition) is 3. The summed E-state index contributed by atoms with van der Waals surface area (Å²) in [5.74, 6) is -0.182. The molecule has 72 valence electrons. The second-order valence-electron chi connectivity index (χ2n) is 3.47. The average molecular weight is 173 g/mol. The van der Waals surface area contributed by atoms with E-state index < -0.39 is 5.54 Å². The zero-order valence-electron chi connectivity index (χ0n) is 8.68. The number of esters is 1. The van der Waals surface area contributed by atoms with E-state index in [2.05, 4.69) is 6.92 Å². The number of methoxy groups -OCH3 is 1. The standard InChI is InChI=1S/C9H19NO2/c1-6-7-10(4)9(2,3)8(11)12-5/h6-7H2,1-5H3. The Labute approximate surface area is 74.7 Å². The molecule has 0 spiro atoms. The van der Waals surface area contributed by atoms with Gasteiger partial charge in [-0.3, -0.25) is 9.69 Å². The number of likely N-dealkylation sites (N-methyl/N-ethyl adjacent to an activating group) is 1. The SMILES string of the molecule is CCCN(C)C(C)(C)C(=O)OC. The van der Waals surface area contributed by atoms with Crippen molar-refractivity contribution in [1.29, 1.82) is 0 Å². The third kappa shape index (κ3) is 2.48. The van der Waals surface area contributed by atoms with E-state index in [9.17, 15) is 4.79 Å². The summed E-state index contributed by atoms with van der Waals surface area (Å²) in [6.07, 6.45) is 1.04. The Morgan fingerprint density at radius 1 is 1.50 bits per heavy atom. The highest BCUT2D eigenvalue weighted by atomic mass is 16.5. The van der Waals surface area contributed by atoms with Gasteiger partial charge in [0.15, 0.2) is 0 Å². The minimum atomic E-state index is -0.509. The van der Waals surface area contributed by atoms with E-state index in [0.717, 1.165) is 13.0 Å². The maximum Gasteiger partial charge on any atom is 0.325 e. The largest absolute Gasteiger partial charge is 0.468 e. The molecule has 12 heavy (non-hydrogen) atoms. The Kier molecular flexibility index (Phi) is 4.24. The van der Waals surface area contributed by atoms with Gasteiger partial charge in [0.1, 0.15) is 5.54 Å². The van der Waals surface area contributed by atoms with Crippen LogP contribution in [0, 0.1) is 0 Å². The second-order valence-corrected chi connectivity index (χ2v) is 3.47. The summed E-state index contributed by atoms with van der Waals surface area (Å²) in [5.41, 5.74) is -0.509. The minimum absolute atomic E-state index is 0.182. The summed E-state index contributed by atoms with van der Waals surface area (Å²) in [5, 5.41) is 0. The summed E-state index contributed by atoms with van der Waals surface area (Å²) < 4.78 is 4.70. The van der Waals surface area contributed by atoms with Gasteiger partial charge in [-0.15, -0.1) is 0 Å². The molecule has 0 aliphatic carbocycles. The highest BCUT2D eigenvalue weighted by molar-refractivity contribution is 5.79. The van der Waals surface area contributed by atoms with Gasteiger partial charge < -0.3 is 4.74 Å². The first-order valence-corrected chi connectivity index (χ1v) is 4.26. The highest BCUT2D eigenvalue weighted by Crippen LogP contribution is 2.13. The fourth-order valence-corrected chi connectivity index (χ4v) is 1.02. The predicted octanol–water partition coefficient (Wildman–Crippen LogP) is 1.28. The van der Waals surface area contributed by atoms with Crippen molar-refractivity contribution in [2.75, 3.05) is 20.7 Å². The van der Waals surface area contributed by atoms with Crippen LogP contribution >= 0.6 is 0 Å². The lowest BCUT2D eigenvalue weighted by atomic mass is 10.0. The van der Waals surface area contributed by atoms with Gasteiger partial charge in [-0.2, -0.15) is 0 Å². The molecule has 0 radical (unpaired) electrons. The lowest BCUT2D eigenvalue weighted by Crippen LogP contribution is -2.48. The predicted molar refractivity (Wildman–Crippen MR) is 49.0 cm³/mol. The molecule has 0 aliphatic heterocycles. The van der Waals surface area contributed by atoms with E-state index in [1.165, 1.54) is 7.11 Å². The summed E-state index contributed by atoms with van der Waals surface area (Å²) >= 11 is 0. The number of ether oxygens (including phenoxy) is 1. The third-order valence-electron chi connectivity index (χ3n) is 2.20. The Morgan fingerprint density at radius 2 is 2.00 bits per heavy atom. The van der Waals surface area contributed by atoms with E-state index in [4.69, 9.17) is 4.74 Å². The molecule has 0 atom stereocenters. The van der Waals surface area contributed by atoms with Crippen LogP contribution in [0.3, 0.4) is 0 Å². The second kappa shape index (κ2) is 4.45. The summed E-state index contributed by atoms with van der Waals surface area (Å²) in [4.78, 5) is 13.3. The molecule has 3 nitrogen and oxygen atoms in total. The van der Waals surface area contributed by atoms with Crippen molar-refractivity contribution in [2.24, 2.45) is 0 Å². The first kappa shape index (κ1) is 11.4. The monoisotopic (exact) mass is 173 g/mol. The molecular weight excluding hydrogens is 154 g/mol. The van der Waals surface area contributed by atoms with Crippen molar-refractivity contribution in [3.8, 4) is 0 Å². The van der Waals surface area contributed by atoms with E-state index in [-0.39, 0.29) is 5.97 Å². The number of carbonyl (C=O) groups excluding carboxylic acids is 1. The molecule has 0 fully saturated rings. The van der Waals surface area contributed by atoms with Crippen LogP contribution in [-0.4, -0.2) is 37.1 Å². The summed E-state index contributed by atoms with van der Waals surface area (Å²) in [6.45, 7) is 6.73. The summed E-state index contributed by atoms with van der Waals surface area (Å²) in [6, 6.07) is 0. The fourth-order valence-electron chi connectivity index (χ4n) is 1.02. The van der Waals surface area contributed by atoms with Gasteiger partial charge in [-0.1, -0.05) is 6.92 Å². The molecule has 0 amide bonds. The molecule has 0 saturated heterocycles. The Balaban J connectivity index is 4.26. The minimum Gasteiger partial charge on any atom is -0.468 e. The van der Waals surface area contributed by atoms with Crippen LogP contribution in [0.1, 0.15) is 27.2 Å². The van der Waals surface area contributed by atoms with Crippen molar-refractivity contribution in [3.05, 3.63) is 0 Å². The van der Waals surface area contributed by atoms with Crippen LogP contribution in [0.25, 0.3) is 0 Å². The van der Waals surface area contributed by atoms with Crippen LogP contribution in [-0.2, 0) is 9.53 Å². The normalized spacial score (nSPS) is 11.8. The van der Waals surface area contributed by atoms with Gasteiger partial charge in [-0.25, -0.2) is 0 Å². The lowest BCUT2D eigenvalue weighted by molar-refractivity contribution is -0.152. The zero-order chi connectivity index (χ0) is 9.78. The van der Waals surface area contributed by atoms with Crippen molar-refractivity contribution < 1.29 is 9.53 Å². The van der Waals surface area contributed by atoms with Crippen LogP contribution in [0.2, 0.25) is 0 Å². The third-order valence-corrected chi connectivity index (χ3v) is 2.20. The highest BCUT2D eigenvalue weighted by Gasteiger charge is 2.32. The molecule has 0 unspecified atom stereocenters. The zero-order valence-corrected chi connectivity index (χ0v) is 8.68. The van der Waals surface area contributed by atoms with Gasteiger partial charge >= 0.3 is 5.97 Å². The summed E-state index contributed by atoms with van der Waals surface area (Å²) in [7, 11) is 3.35. The number of hydrogen-bond donors (Lipinski definition) is 0. The van der Waals surface area contributed by atoms with Gasteiger partial charge in [-0.05, 0) is 33.9 Å². The molecule has 3 heteroatoms. The topological polar surface area (TPSA) is 29.5 Å². The molecule has 0 saturated carbocycles. The average Bonchev–Trinajstić information content (AvgIpc) is 2.03. The number of nitrogens with zero attached hydrogens (tertiary/aromatic N) is 1. The Bertz CT molecular complexity index is 155. The molecule has 0 aromatic carbocycles. The molecule has 0 bridgehead atoms. The molecule has 0 aromatic heterocycles. The van der Waals surface area contributed by atoms with Crippen molar-refractivity contribution in [1.82, 2.24) is 4.90 Å². The van der Waals surface area contributed by atoms with Crippen LogP contribution in [0.5, 0.6) is 0 Å². The van der Waals surface area contributed by atoms with Crippen molar-refractivity contribution in [2.45, 2.75) is 32.7 Å². The molecule has 0 aromatic rings. The smallest absolute Gasteiger partial charge is 0.325 e. The Morgan fingerprint density at radius 3 is 2.33 bits per heavy atom. The molecule has 0 N–H and O–H groups in total. The van der Waals surface area contributed by atoms with Crippen molar-refractivity contribution in [3.63, 3.8) is 0 Å². The van der Waals surface area contributed by atoms with Gasteiger partial charge in [0.25, 0.3) is 0 Å². The first-order valence-electron chi connectivity index (χ1n) is 4.26. The van der Waals surface area contributed by atoms with Crippen molar-refractivity contribution >= 4 is 5.97 Å². The molecular formula is C9H19NO2. The molecule has 0 rings (SSSR count). The van der Waals surface area contributed by atoms with E-state index in [0.29, 0.717) is 0 Å². The van der Waals surface area contributed by atoms with E-state index in [1.807, 2.05) is 25.8 Å². The number of carbonyl (C=O) groups is 1. The first-order chi connectivity index (χ1) is 5.46. The van der Waals surface area contributed by atoms with Gasteiger partial charge in [0.2, 0.25) is 0 Å². The number of rotatable bonds is 4. The van der Waals surface area contributed by atoms with E-state index in [1.54, 1.807) is 0 Å². The van der Waals surface area contributed by atoms with Crippen LogP contribution in [0.4, 0.5) is 0 Å². The van der Waals surface area contributed by atoms with Crippen LogP contribution < -0.4 is 0 Å². The van der Waals surface area contributed by atoms with E-state index >= 15 is 0 Å². The molecule has 0 heterocycles. The maximum atomic E-state index is 11.3. The van der Waals surface area contributed by atoms with Gasteiger partial charge in [0.05, 0.1) is 7.11 Å². The molecule has 0 aliphatic rings. The lowest BCUT2D eigenvalue weighted by Gasteiger charge is -2.32. The fraction of sp³-hybridized carbons (Fsp3) is 0.889. The Hall–Kier alpha value is -0.570. The van der Waals surface area contributed by atoms with Gasteiger partial charge in [0, 0.05) is 0 Å². The quantitative estimate of drug-likeness (QED) is 0.600. The maximum absolute atomic E-state index is 11.3.